The topological polar surface area (TPSA) is 80.2 Å². The van der Waals surface area contributed by atoms with E-state index < -0.39 is 5.60 Å². The Hall–Kier alpha value is -1.85. The summed E-state index contributed by atoms with van der Waals surface area (Å²) in [5.41, 5.74) is 1.05. The van der Waals surface area contributed by atoms with E-state index in [1.54, 1.807) is 18.3 Å². The molecule has 1 aliphatic rings. The van der Waals surface area contributed by atoms with E-state index in [4.69, 9.17) is 0 Å². The van der Waals surface area contributed by atoms with Gasteiger partial charge in [0.2, 0.25) is 5.91 Å². The molecule has 1 atom stereocenters. The number of benzene rings is 1. The first kappa shape index (κ1) is 26.4. The second-order valence-corrected chi connectivity index (χ2v) is 8.64. The number of anilines is 1. The highest BCUT2D eigenvalue weighted by Crippen LogP contribution is 2.23. The van der Waals surface area contributed by atoms with Gasteiger partial charge in [-0.25, -0.2) is 4.99 Å². The first-order valence-electron chi connectivity index (χ1n) is 10.8. The number of halogens is 1. The molecule has 0 saturated carbocycles. The molecule has 1 aliphatic heterocycles. The van der Waals surface area contributed by atoms with E-state index in [2.05, 4.69) is 32.7 Å². The minimum Gasteiger partial charge on any atom is -0.383 e. The SMILES string of the molecule is CCNC(=NCC(C)(O)c1ccsc1)NCCC(=O)N1CCN(c2ccccc2)CC1.I. The third-order valence-electron chi connectivity index (χ3n) is 5.42. The Morgan fingerprint density at radius 1 is 1.16 bits per heavy atom. The molecule has 3 N–H and O–H groups in total. The van der Waals surface area contributed by atoms with E-state index in [1.807, 2.05) is 46.8 Å². The number of guanidine groups is 1. The Kier molecular flexibility index (Phi) is 10.7. The lowest BCUT2D eigenvalue weighted by Gasteiger charge is -2.36. The van der Waals surface area contributed by atoms with Gasteiger partial charge < -0.3 is 25.5 Å². The lowest BCUT2D eigenvalue weighted by molar-refractivity contribution is -0.131. The van der Waals surface area contributed by atoms with Gasteiger partial charge in [0.05, 0.1) is 6.54 Å². The van der Waals surface area contributed by atoms with Crippen molar-refractivity contribution < 1.29 is 9.90 Å². The number of hydrogen-bond donors (Lipinski definition) is 3. The van der Waals surface area contributed by atoms with Crippen molar-refractivity contribution >= 4 is 52.9 Å². The zero-order valence-corrected chi connectivity index (χ0v) is 21.9. The van der Waals surface area contributed by atoms with E-state index in [0.717, 1.165) is 31.7 Å². The average molecular weight is 572 g/mol. The highest BCUT2D eigenvalue weighted by atomic mass is 127. The summed E-state index contributed by atoms with van der Waals surface area (Å²) in [6, 6.07) is 12.2. The van der Waals surface area contributed by atoms with Crippen LogP contribution in [-0.2, 0) is 10.4 Å². The van der Waals surface area contributed by atoms with Crippen LogP contribution in [0.2, 0.25) is 0 Å². The number of nitrogens with one attached hydrogen (secondary N) is 2. The number of carbonyl (C=O) groups is 1. The van der Waals surface area contributed by atoms with Crippen LogP contribution < -0.4 is 15.5 Å². The fourth-order valence-electron chi connectivity index (χ4n) is 3.54. The van der Waals surface area contributed by atoms with E-state index >= 15 is 0 Å². The third kappa shape index (κ3) is 7.63. The smallest absolute Gasteiger partial charge is 0.224 e. The van der Waals surface area contributed by atoms with Gasteiger partial charge in [0.15, 0.2) is 5.96 Å². The number of aliphatic imine (C=N–C) groups is 1. The van der Waals surface area contributed by atoms with Gasteiger partial charge in [0.1, 0.15) is 5.60 Å². The lowest BCUT2D eigenvalue weighted by Crippen LogP contribution is -2.49. The van der Waals surface area contributed by atoms with Crippen LogP contribution in [-0.4, -0.2) is 67.7 Å². The number of rotatable bonds is 8. The molecular formula is C23H34IN5O2S. The van der Waals surface area contributed by atoms with Crippen molar-refractivity contribution in [1.29, 1.82) is 0 Å². The minimum absolute atomic E-state index is 0. The number of piperazine rings is 1. The molecule has 1 aromatic carbocycles. The molecule has 176 valence electrons. The summed E-state index contributed by atoms with van der Waals surface area (Å²) >= 11 is 1.56. The second kappa shape index (κ2) is 13.0. The molecule has 7 nitrogen and oxygen atoms in total. The molecule has 0 aliphatic carbocycles. The normalized spacial score (nSPS) is 16.2. The minimum atomic E-state index is -1.02. The molecular weight excluding hydrogens is 537 g/mol. The zero-order valence-electron chi connectivity index (χ0n) is 18.8. The number of amides is 1. The summed E-state index contributed by atoms with van der Waals surface area (Å²) in [7, 11) is 0. The molecule has 32 heavy (non-hydrogen) atoms. The quantitative estimate of drug-likeness (QED) is 0.258. The maximum absolute atomic E-state index is 12.6. The Morgan fingerprint density at radius 2 is 1.88 bits per heavy atom. The van der Waals surface area contributed by atoms with Gasteiger partial charge in [-0.3, -0.25) is 4.79 Å². The van der Waals surface area contributed by atoms with Crippen molar-refractivity contribution in [2.24, 2.45) is 4.99 Å². The summed E-state index contributed by atoms with van der Waals surface area (Å²) in [4.78, 5) is 21.4. The van der Waals surface area contributed by atoms with E-state index in [9.17, 15) is 9.90 Å². The number of nitrogens with zero attached hydrogens (tertiary/aromatic N) is 3. The van der Waals surface area contributed by atoms with Gasteiger partial charge in [-0.1, -0.05) is 18.2 Å². The predicted molar refractivity (Wildman–Crippen MR) is 143 cm³/mol. The first-order valence-corrected chi connectivity index (χ1v) is 11.8. The summed E-state index contributed by atoms with van der Waals surface area (Å²) in [6.07, 6.45) is 0.413. The summed E-state index contributed by atoms with van der Waals surface area (Å²) < 4.78 is 0. The fraction of sp³-hybridized carbons (Fsp3) is 0.478. The Morgan fingerprint density at radius 3 is 2.50 bits per heavy atom. The van der Waals surface area contributed by atoms with Crippen LogP contribution in [0.25, 0.3) is 0 Å². The molecule has 1 aromatic heterocycles. The standard InChI is InChI=1S/C23H33N5O2S.HI/c1-3-24-22(26-18-23(2,30)19-10-16-31-17-19)25-11-9-21(29)28-14-12-27(13-15-28)20-7-5-4-6-8-20;/h4-8,10,16-17,30H,3,9,11-15,18H2,1-2H3,(H2,24,25,26);1H. The summed E-state index contributed by atoms with van der Waals surface area (Å²) in [6.45, 7) is 8.40. The van der Waals surface area contributed by atoms with Crippen LogP contribution in [0.1, 0.15) is 25.8 Å². The highest BCUT2D eigenvalue weighted by molar-refractivity contribution is 14.0. The van der Waals surface area contributed by atoms with Gasteiger partial charge in [-0.15, -0.1) is 24.0 Å². The zero-order chi connectivity index (χ0) is 22.1. The first-order chi connectivity index (χ1) is 15.0. The number of carbonyl (C=O) groups excluding carboxylic acids is 1. The van der Waals surface area contributed by atoms with Crippen LogP contribution in [0, 0.1) is 0 Å². The highest BCUT2D eigenvalue weighted by Gasteiger charge is 2.24. The second-order valence-electron chi connectivity index (χ2n) is 7.86. The van der Waals surface area contributed by atoms with Crippen molar-refractivity contribution in [3.05, 3.63) is 52.7 Å². The lowest BCUT2D eigenvalue weighted by atomic mass is 10.00. The largest absolute Gasteiger partial charge is 0.383 e. The van der Waals surface area contributed by atoms with Crippen molar-refractivity contribution in [3.63, 3.8) is 0 Å². The van der Waals surface area contributed by atoms with Crippen molar-refractivity contribution in [3.8, 4) is 0 Å². The molecule has 0 radical (unpaired) electrons. The molecule has 2 aromatic rings. The van der Waals surface area contributed by atoms with Crippen LogP contribution in [0.15, 0.2) is 52.2 Å². The van der Waals surface area contributed by atoms with Gasteiger partial charge in [-0.05, 0) is 48.4 Å². The Bertz CT molecular complexity index is 837. The molecule has 3 rings (SSSR count). The van der Waals surface area contributed by atoms with Gasteiger partial charge in [0, 0.05) is 51.4 Å². The van der Waals surface area contributed by atoms with Crippen molar-refractivity contribution in [2.75, 3.05) is 50.7 Å². The van der Waals surface area contributed by atoms with Gasteiger partial charge in [0.25, 0.3) is 0 Å². The van der Waals surface area contributed by atoms with Crippen molar-refractivity contribution in [2.45, 2.75) is 25.9 Å². The molecule has 1 unspecified atom stereocenters. The third-order valence-corrected chi connectivity index (χ3v) is 6.10. The number of para-hydroxylation sites is 1. The predicted octanol–water partition coefficient (Wildman–Crippen LogP) is 2.87. The maximum Gasteiger partial charge on any atom is 0.224 e. The van der Waals surface area contributed by atoms with Crippen LogP contribution in [0.3, 0.4) is 0 Å². The number of thiophene rings is 1. The fourth-order valence-corrected chi connectivity index (χ4v) is 4.32. The van der Waals surface area contributed by atoms with Gasteiger partial charge >= 0.3 is 0 Å². The summed E-state index contributed by atoms with van der Waals surface area (Å²) in [5.74, 6) is 0.765. The molecule has 1 amide bonds. The Balaban J connectivity index is 0.00000363. The monoisotopic (exact) mass is 571 g/mol. The number of hydrogen-bond acceptors (Lipinski definition) is 5. The maximum atomic E-state index is 12.6. The molecule has 9 heteroatoms. The number of aliphatic hydroxyl groups is 1. The van der Waals surface area contributed by atoms with E-state index in [0.29, 0.717) is 25.5 Å². The molecule has 1 fully saturated rings. The van der Waals surface area contributed by atoms with Crippen LogP contribution in [0.4, 0.5) is 5.69 Å². The Labute approximate surface area is 211 Å². The average Bonchev–Trinajstić information content (AvgIpc) is 3.34. The molecule has 0 bridgehead atoms. The molecule has 0 spiro atoms. The van der Waals surface area contributed by atoms with Crippen LogP contribution >= 0.6 is 35.3 Å². The van der Waals surface area contributed by atoms with Gasteiger partial charge in [-0.2, -0.15) is 11.3 Å². The molecule has 2 heterocycles. The van der Waals surface area contributed by atoms with Crippen LogP contribution in [0.5, 0.6) is 0 Å². The van der Waals surface area contributed by atoms with E-state index in [-0.39, 0.29) is 36.4 Å². The summed E-state index contributed by atoms with van der Waals surface area (Å²) in [5, 5.41) is 20.9. The molecule has 1 saturated heterocycles. The van der Waals surface area contributed by atoms with E-state index in [1.165, 1.54) is 5.69 Å². The van der Waals surface area contributed by atoms with Crippen molar-refractivity contribution in [1.82, 2.24) is 15.5 Å².